The molecule has 0 aliphatic carbocycles. The van der Waals surface area contributed by atoms with Crippen molar-refractivity contribution < 1.29 is 0 Å². The monoisotopic (exact) mass is 264 g/mol. The molecule has 0 aliphatic heterocycles. The summed E-state index contributed by atoms with van der Waals surface area (Å²) in [7, 11) is 3.73. The van der Waals surface area contributed by atoms with E-state index in [1.54, 1.807) is 16.2 Å². The van der Waals surface area contributed by atoms with Gasteiger partial charge in [-0.15, -0.1) is 0 Å². The number of aryl methyl sites for hydroxylation is 1. The van der Waals surface area contributed by atoms with Gasteiger partial charge in [0.2, 0.25) is 17.8 Å². The zero-order valence-electron chi connectivity index (χ0n) is 10.6. The molecular weight excluding hydrogens is 248 g/mol. The van der Waals surface area contributed by atoms with Crippen LogP contribution in [0.3, 0.4) is 0 Å². The van der Waals surface area contributed by atoms with Gasteiger partial charge in [-0.2, -0.15) is 26.3 Å². The van der Waals surface area contributed by atoms with Gasteiger partial charge in [-0.05, 0) is 28.8 Å². The summed E-state index contributed by atoms with van der Waals surface area (Å²) in [5, 5.41) is 7.39. The van der Waals surface area contributed by atoms with E-state index in [1.807, 2.05) is 14.1 Å². The molecule has 0 aliphatic rings. The summed E-state index contributed by atoms with van der Waals surface area (Å²) < 4.78 is 0. The van der Waals surface area contributed by atoms with Crippen molar-refractivity contribution in [2.75, 3.05) is 30.0 Å². The third kappa shape index (κ3) is 2.86. The lowest BCUT2D eigenvalue weighted by molar-refractivity contribution is 0.950. The molecule has 7 heteroatoms. The first-order valence-electron chi connectivity index (χ1n) is 5.50. The fraction of sp³-hybridized carbons (Fsp3) is 0.364. The maximum absolute atomic E-state index is 5.65. The molecular formula is C11H16N6S. The van der Waals surface area contributed by atoms with Gasteiger partial charge in [-0.1, -0.05) is 0 Å². The van der Waals surface area contributed by atoms with Crippen LogP contribution in [0, 0.1) is 6.92 Å². The van der Waals surface area contributed by atoms with Crippen LogP contribution in [0.25, 0.3) is 0 Å². The highest BCUT2D eigenvalue weighted by Crippen LogP contribution is 2.15. The van der Waals surface area contributed by atoms with Gasteiger partial charge in [0.05, 0.1) is 0 Å². The number of nitrogens with one attached hydrogen (secondary N) is 1. The number of aromatic nitrogens is 3. The molecule has 0 spiro atoms. The van der Waals surface area contributed by atoms with Gasteiger partial charge in [0.15, 0.2) is 0 Å². The molecule has 0 unspecified atom stereocenters. The maximum atomic E-state index is 5.65. The first-order chi connectivity index (χ1) is 8.56. The van der Waals surface area contributed by atoms with Crippen molar-refractivity contribution in [1.29, 1.82) is 0 Å². The van der Waals surface area contributed by atoms with E-state index in [0.717, 1.165) is 0 Å². The normalized spacial score (nSPS) is 10.4. The molecule has 0 saturated carbocycles. The number of thiophene rings is 1. The van der Waals surface area contributed by atoms with Crippen molar-refractivity contribution in [3.8, 4) is 0 Å². The predicted molar refractivity (Wildman–Crippen MR) is 74.9 cm³/mol. The second-order valence-electron chi connectivity index (χ2n) is 4.15. The van der Waals surface area contributed by atoms with Crippen LogP contribution in [0.4, 0.5) is 17.8 Å². The molecule has 0 aromatic carbocycles. The molecule has 3 N–H and O–H groups in total. The average Bonchev–Trinajstić information content (AvgIpc) is 2.71. The highest BCUT2D eigenvalue weighted by Gasteiger charge is 2.06. The van der Waals surface area contributed by atoms with E-state index >= 15 is 0 Å². The molecule has 2 aromatic rings. The molecule has 18 heavy (non-hydrogen) atoms. The lowest BCUT2D eigenvalue weighted by Crippen LogP contribution is -2.16. The zero-order chi connectivity index (χ0) is 13.1. The van der Waals surface area contributed by atoms with Gasteiger partial charge in [0.1, 0.15) is 0 Å². The Morgan fingerprint density at radius 1 is 1.28 bits per heavy atom. The number of nitrogens with zero attached hydrogens (tertiary/aromatic N) is 4. The highest BCUT2D eigenvalue weighted by molar-refractivity contribution is 7.08. The number of anilines is 3. The number of rotatable bonds is 4. The van der Waals surface area contributed by atoms with Gasteiger partial charge in [0, 0.05) is 20.6 Å². The van der Waals surface area contributed by atoms with Crippen LogP contribution in [0.15, 0.2) is 10.8 Å². The fourth-order valence-corrected chi connectivity index (χ4v) is 2.26. The summed E-state index contributed by atoms with van der Waals surface area (Å²) in [6.45, 7) is 2.77. The number of hydrogen-bond donors (Lipinski definition) is 2. The van der Waals surface area contributed by atoms with E-state index in [-0.39, 0.29) is 5.95 Å². The van der Waals surface area contributed by atoms with Crippen molar-refractivity contribution >= 4 is 29.2 Å². The summed E-state index contributed by atoms with van der Waals surface area (Å²) in [6, 6.07) is 0. The molecule has 96 valence electrons. The minimum absolute atomic E-state index is 0.221. The van der Waals surface area contributed by atoms with Crippen LogP contribution < -0.4 is 16.0 Å². The van der Waals surface area contributed by atoms with Crippen molar-refractivity contribution in [2.45, 2.75) is 13.5 Å². The summed E-state index contributed by atoms with van der Waals surface area (Å²) in [6.07, 6.45) is 0. The van der Waals surface area contributed by atoms with Crippen LogP contribution in [0.5, 0.6) is 0 Å². The first-order valence-corrected chi connectivity index (χ1v) is 6.45. The van der Waals surface area contributed by atoms with Crippen molar-refractivity contribution in [3.63, 3.8) is 0 Å². The average molecular weight is 264 g/mol. The second-order valence-corrected chi connectivity index (χ2v) is 4.89. The van der Waals surface area contributed by atoms with Crippen LogP contribution in [-0.2, 0) is 6.54 Å². The van der Waals surface area contributed by atoms with Crippen molar-refractivity contribution in [3.05, 3.63) is 21.9 Å². The predicted octanol–water partition coefficient (Wildman–Crippen LogP) is 1.50. The van der Waals surface area contributed by atoms with Gasteiger partial charge in [0.25, 0.3) is 0 Å². The number of nitrogen functional groups attached to an aromatic ring is 1. The maximum Gasteiger partial charge on any atom is 0.231 e. The largest absolute Gasteiger partial charge is 0.368 e. The van der Waals surface area contributed by atoms with Crippen LogP contribution in [0.1, 0.15) is 11.1 Å². The first kappa shape index (κ1) is 12.6. The lowest BCUT2D eigenvalue weighted by atomic mass is 10.2. The molecule has 0 bridgehead atoms. The van der Waals surface area contributed by atoms with Crippen molar-refractivity contribution in [1.82, 2.24) is 15.0 Å². The molecule has 2 heterocycles. The third-order valence-corrected chi connectivity index (χ3v) is 3.35. The minimum atomic E-state index is 0.221. The SMILES string of the molecule is Cc1cscc1CNc1nc(N)nc(N(C)C)n1. The fourth-order valence-electron chi connectivity index (χ4n) is 1.40. The summed E-state index contributed by atoms with van der Waals surface area (Å²) in [5.41, 5.74) is 8.16. The van der Waals surface area contributed by atoms with E-state index in [2.05, 4.69) is 38.0 Å². The van der Waals surface area contributed by atoms with Gasteiger partial charge >= 0.3 is 0 Å². The standard InChI is InChI=1S/C11H16N6S/c1-7-5-18-6-8(7)4-13-10-14-9(12)15-11(16-10)17(2)3/h5-6H,4H2,1-3H3,(H3,12,13,14,15,16). The van der Waals surface area contributed by atoms with Crippen LogP contribution in [-0.4, -0.2) is 29.0 Å². The molecule has 2 rings (SSSR count). The van der Waals surface area contributed by atoms with E-state index in [0.29, 0.717) is 18.4 Å². The minimum Gasteiger partial charge on any atom is -0.368 e. The quantitative estimate of drug-likeness (QED) is 0.871. The Kier molecular flexibility index (Phi) is 3.61. The summed E-state index contributed by atoms with van der Waals surface area (Å²) in [5.74, 6) is 1.27. The second kappa shape index (κ2) is 5.18. The van der Waals surface area contributed by atoms with Crippen LogP contribution >= 0.6 is 11.3 Å². The Morgan fingerprint density at radius 3 is 2.67 bits per heavy atom. The van der Waals surface area contributed by atoms with E-state index in [1.165, 1.54) is 11.1 Å². The summed E-state index contributed by atoms with van der Waals surface area (Å²) >= 11 is 1.69. The van der Waals surface area contributed by atoms with Gasteiger partial charge in [-0.3, -0.25) is 0 Å². The molecule has 0 saturated heterocycles. The Morgan fingerprint density at radius 2 is 2.06 bits per heavy atom. The molecule has 0 amide bonds. The highest BCUT2D eigenvalue weighted by atomic mass is 32.1. The number of hydrogen-bond acceptors (Lipinski definition) is 7. The third-order valence-electron chi connectivity index (χ3n) is 2.44. The summed E-state index contributed by atoms with van der Waals surface area (Å²) in [4.78, 5) is 14.2. The van der Waals surface area contributed by atoms with E-state index < -0.39 is 0 Å². The molecule has 2 aromatic heterocycles. The van der Waals surface area contributed by atoms with Gasteiger partial charge < -0.3 is 16.0 Å². The zero-order valence-corrected chi connectivity index (χ0v) is 11.5. The van der Waals surface area contributed by atoms with E-state index in [9.17, 15) is 0 Å². The Balaban J connectivity index is 2.12. The molecule has 0 radical (unpaired) electrons. The topological polar surface area (TPSA) is 80.0 Å². The van der Waals surface area contributed by atoms with Gasteiger partial charge in [-0.25, -0.2) is 0 Å². The Hall–Kier alpha value is -1.89. The van der Waals surface area contributed by atoms with Crippen molar-refractivity contribution in [2.24, 2.45) is 0 Å². The number of nitrogens with two attached hydrogens (primary N) is 1. The Bertz CT molecular complexity index is 536. The molecule has 0 atom stereocenters. The molecule has 6 nitrogen and oxygen atoms in total. The van der Waals surface area contributed by atoms with E-state index in [4.69, 9.17) is 5.73 Å². The Labute approximate surface area is 110 Å². The molecule has 0 fully saturated rings. The smallest absolute Gasteiger partial charge is 0.231 e. The van der Waals surface area contributed by atoms with Crippen LogP contribution in [0.2, 0.25) is 0 Å². The lowest BCUT2D eigenvalue weighted by Gasteiger charge is -2.12.